The number of carbonyl (C=O) groups excluding carboxylic acids is 1. The fraction of sp³-hybridized carbons (Fsp3) is 0.240. The van der Waals surface area contributed by atoms with E-state index in [-0.39, 0.29) is 23.3 Å². The lowest BCUT2D eigenvalue weighted by Gasteiger charge is -2.32. The monoisotopic (exact) mass is 434 g/mol. The van der Waals surface area contributed by atoms with Crippen LogP contribution in [-0.4, -0.2) is 20.9 Å². The molecule has 0 unspecified atom stereocenters. The Morgan fingerprint density at radius 3 is 2.42 bits per heavy atom. The zero-order valence-corrected chi connectivity index (χ0v) is 18.7. The molecule has 1 aliphatic rings. The van der Waals surface area contributed by atoms with Gasteiger partial charge in [0.2, 0.25) is 5.91 Å². The molecule has 3 aromatic carbocycles. The largest absolute Gasteiger partial charge is 0.324 e. The molecule has 1 heterocycles. The Hall–Kier alpha value is -3.12. The Kier molecular flexibility index (Phi) is 5.58. The minimum Gasteiger partial charge on any atom is -0.324 e. The predicted molar refractivity (Wildman–Crippen MR) is 125 cm³/mol. The Morgan fingerprint density at radius 2 is 1.68 bits per heavy atom. The van der Waals surface area contributed by atoms with Crippen LogP contribution in [-0.2, 0) is 21.2 Å². The average molecular weight is 435 g/mol. The Labute approximate surface area is 183 Å². The molecule has 31 heavy (non-hydrogen) atoms. The summed E-state index contributed by atoms with van der Waals surface area (Å²) in [6.07, 6.45) is 0.842. The van der Waals surface area contributed by atoms with Gasteiger partial charge >= 0.3 is 0 Å². The number of nitrogens with zero attached hydrogens (tertiary/aromatic N) is 1. The molecule has 0 fully saturated rings. The number of sulfonamides is 1. The van der Waals surface area contributed by atoms with E-state index in [2.05, 4.69) is 26.1 Å². The molecule has 0 atom stereocenters. The molecular formula is C25H26N2O3S. The highest BCUT2D eigenvalue weighted by Gasteiger charge is 2.36. The highest BCUT2D eigenvalue weighted by molar-refractivity contribution is 7.93. The molecule has 0 saturated heterocycles. The van der Waals surface area contributed by atoms with Crippen LogP contribution in [0.1, 0.15) is 37.8 Å². The van der Waals surface area contributed by atoms with Gasteiger partial charge in [-0.2, -0.15) is 0 Å². The molecule has 0 aromatic heterocycles. The highest BCUT2D eigenvalue weighted by Crippen LogP contribution is 2.43. The van der Waals surface area contributed by atoms with Crippen LogP contribution >= 0.6 is 0 Å². The van der Waals surface area contributed by atoms with Gasteiger partial charge < -0.3 is 5.32 Å². The van der Waals surface area contributed by atoms with Gasteiger partial charge in [-0.1, -0.05) is 63.2 Å². The van der Waals surface area contributed by atoms with E-state index in [4.69, 9.17) is 0 Å². The smallest absolute Gasteiger partial charge is 0.265 e. The molecule has 0 radical (unpaired) electrons. The number of rotatable bonds is 5. The van der Waals surface area contributed by atoms with E-state index in [9.17, 15) is 13.2 Å². The number of carbonyl (C=O) groups is 1. The second kappa shape index (κ2) is 8.19. The molecule has 0 saturated carbocycles. The number of hydrogen-bond acceptors (Lipinski definition) is 3. The van der Waals surface area contributed by atoms with Crippen LogP contribution in [0.15, 0.2) is 71.6 Å². The predicted octanol–water partition coefficient (Wildman–Crippen LogP) is 5.19. The summed E-state index contributed by atoms with van der Waals surface area (Å²) in [7, 11) is -3.86. The van der Waals surface area contributed by atoms with Crippen molar-refractivity contribution in [3.63, 3.8) is 0 Å². The van der Waals surface area contributed by atoms with Crippen molar-refractivity contribution in [3.05, 3.63) is 77.9 Å². The zero-order chi connectivity index (χ0) is 22.2. The molecule has 0 bridgehead atoms. The lowest BCUT2D eigenvalue weighted by Crippen LogP contribution is -2.40. The normalized spacial score (nSPS) is 14.1. The van der Waals surface area contributed by atoms with E-state index in [0.29, 0.717) is 16.9 Å². The number of nitrogens with one attached hydrogen (secondary N) is 1. The van der Waals surface area contributed by atoms with Crippen LogP contribution in [0.3, 0.4) is 0 Å². The van der Waals surface area contributed by atoms with Crippen molar-refractivity contribution in [1.29, 1.82) is 0 Å². The SMILES string of the molecule is CCc1ccc2c(c1)-c1ccccc1S(=O)(=O)N2CC(=O)Nc1ccccc1C(C)C. The maximum Gasteiger partial charge on any atom is 0.265 e. The molecule has 160 valence electrons. The van der Waals surface area contributed by atoms with E-state index < -0.39 is 10.0 Å². The quantitative estimate of drug-likeness (QED) is 0.601. The van der Waals surface area contributed by atoms with E-state index in [1.165, 1.54) is 4.31 Å². The summed E-state index contributed by atoms with van der Waals surface area (Å²) in [5.74, 6) is -0.142. The molecule has 1 amide bonds. The molecule has 4 rings (SSSR count). The number of aryl methyl sites for hydroxylation is 1. The van der Waals surface area contributed by atoms with Gasteiger partial charge in [0.15, 0.2) is 0 Å². The number of benzene rings is 3. The average Bonchev–Trinajstić information content (AvgIpc) is 2.76. The Balaban J connectivity index is 1.73. The lowest BCUT2D eigenvalue weighted by atomic mass is 9.99. The van der Waals surface area contributed by atoms with E-state index >= 15 is 0 Å². The van der Waals surface area contributed by atoms with Crippen LogP contribution in [0.25, 0.3) is 11.1 Å². The molecule has 1 N–H and O–H groups in total. The van der Waals surface area contributed by atoms with Crippen molar-refractivity contribution >= 4 is 27.3 Å². The van der Waals surface area contributed by atoms with Gasteiger partial charge in [-0.05, 0) is 47.7 Å². The van der Waals surface area contributed by atoms with Crippen LogP contribution in [0.2, 0.25) is 0 Å². The first kappa shape index (κ1) is 21.1. The Bertz CT molecular complexity index is 1250. The third kappa shape index (κ3) is 3.83. The van der Waals surface area contributed by atoms with Gasteiger partial charge in [0, 0.05) is 16.8 Å². The first-order chi connectivity index (χ1) is 14.8. The van der Waals surface area contributed by atoms with Crippen LogP contribution in [0.4, 0.5) is 11.4 Å². The third-order valence-electron chi connectivity index (χ3n) is 5.63. The summed E-state index contributed by atoms with van der Waals surface area (Å²) in [5.41, 5.74) is 4.87. The summed E-state index contributed by atoms with van der Waals surface area (Å²) in [5, 5.41) is 2.91. The minimum atomic E-state index is -3.86. The minimum absolute atomic E-state index is 0.228. The summed E-state index contributed by atoms with van der Waals surface area (Å²) >= 11 is 0. The summed E-state index contributed by atoms with van der Waals surface area (Å²) in [4.78, 5) is 13.2. The van der Waals surface area contributed by atoms with E-state index in [0.717, 1.165) is 23.1 Å². The van der Waals surface area contributed by atoms with Gasteiger partial charge in [-0.25, -0.2) is 8.42 Å². The number of fused-ring (bicyclic) bond motifs is 3. The van der Waals surface area contributed by atoms with Crippen molar-refractivity contribution in [2.45, 2.75) is 38.0 Å². The van der Waals surface area contributed by atoms with Crippen molar-refractivity contribution in [2.75, 3.05) is 16.2 Å². The van der Waals surface area contributed by atoms with Crippen molar-refractivity contribution in [3.8, 4) is 11.1 Å². The summed E-state index contributed by atoms with van der Waals surface area (Å²) in [6, 6.07) is 20.3. The van der Waals surface area contributed by atoms with Gasteiger partial charge in [-0.3, -0.25) is 9.10 Å². The second-order valence-corrected chi connectivity index (χ2v) is 9.83. The standard InChI is InChI=1S/C25H26N2O3S/c1-4-18-13-14-23-21(15-18)20-10-6-8-12-24(20)31(29,30)27(23)16-25(28)26-22-11-7-5-9-19(22)17(2)3/h5-15,17H,4,16H2,1-3H3,(H,26,28). The molecule has 5 nitrogen and oxygen atoms in total. The van der Waals surface area contributed by atoms with Gasteiger partial charge in [0.25, 0.3) is 10.0 Å². The third-order valence-corrected chi connectivity index (χ3v) is 7.45. The van der Waals surface area contributed by atoms with Gasteiger partial charge in [0.1, 0.15) is 6.54 Å². The molecular weight excluding hydrogens is 408 g/mol. The van der Waals surface area contributed by atoms with Gasteiger partial charge in [-0.15, -0.1) is 0 Å². The molecule has 3 aromatic rings. The topological polar surface area (TPSA) is 66.5 Å². The first-order valence-electron chi connectivity index (χ1n) is 10.5. The van der Waals surface area contributed by atoms with Crippen molar-refractivity contribution in [1.82, 2.24) is 0 Å². The second-order valence-electron chi connectivity index (χ2n) is 8.00. The molecule has 6 heteroatoms. The highest BCUT2D eigenvalue weighted by atomic mass is 32.2. The van der Waals surface area contributed by atoms with Gasteiger partial charge in [0.05, 0.1) is 10.6 Å². The number of anilines is 2. The number of amides is 1. The van der Waals surface area contributed by atoms with Crippen molar-refractivity contribution in [2.24, 2.45) is 0 Å². The lowest BCUT2D eigenvalue weighted by molar-refractivity contribution is -0.114. The molecule has 0 spiro atoms. The number of hydrogen-bond donors (Lipinski definition) is 1. The Morgan fingerprint density at radius 1 is 0.968 bits per heavy atom. The van der Waals surface area contributed by atoms with E-state index in [1.54, 1.807) is 18.2 Å². The molecule has 0 aliphatic carbocycles. The summed E-state index contributed by atoms with van der Waals surface area (Å²) < 4.78 is 28.1. The zero-order valence-electron chi connectivity index (χ0n) is 17.9. The number of para-hydroxylation sites is 1. The van der Waals surface area contributed by atoms with Crippen LogP contribution in [0, 0.1) is 0 Å². The van der Waals surface area contributed by atoms with E-state index in [1.807, 2.05) is 48.5 Å². The fourth-order valence-electron chi connectivity index (χ4n) is 4.00. The first-order valence-corrected chi connectivity index (χ1v) is 11.9. The maximum absolute atomic E-state index is 13.4. The van der Waals surface area contributed by atoms with Crippen molar-refractivity contribution < 1.29 is 13.2 Å². The fourth-order valence-corrected chi connectivity index (χ4v) is 5.65. The summed E-state index contributed by atoms with van der Waals surface area (Å²) in [6.45, 7) is 5.88. The maximum atomic E-state index is 13.4. The molecule has 1 aliphatic heterocycles. The van der Waals surface area contributed by atoms with Crippen LogP contribution < -0.4 is 9.62 Å². The van der Waals surface area contributed by atoms with Crippen LogP contribution in [0.5, 0.6) is 0 Å².